The Balaban J connectivity index is 2.42. The molecule has 0 saturated carbocycles. The summed E-state index contributed by atoms with van der Waals surface area (Å²) < 4.78 is 0. The van der Waals surface area contributed by atoms with Crippen LogP contribution in [0.25, 0.3) is 11.1 Å². The first-order valence-corrected chi connectivity index (χ1v) is 5.03. The van der Waals surface area contributed by atoms with Crippen LogP contribution in [0.3, 0.4) is 0 Å². The van der Waals surface area contributed by atoms with Crippen LogP contribution in [0.1, 0.15) is 18.1 Å². The van der Waals surface area contributed by atoms with Gasteiger partial charge in [0.15, 0.2) is 0 Å². The van der Waals surface area contributed by atoms with Crippen LogP contribution in [0, 0.1) is 12.1 Å². The second kappa shape index (κ2) is 2.62. The van der Waals surface area contributed by atoms with Crippen LogP contribution in [0.4, 0.5) is 0 Å². The molecule has 1 aliphatic rings. The molecule has 1 atom stereocenters. The number of rotatable bonds is 0. The lowest BCUT2D eigenvalue weighted by atomic mass is 9.91. The molecule has 0 spiro atoms. The average Bonchev–Trinajstić information content (AvgIpc) is 2.51. The zero-order valence-corrected chi connectivity index (χ0v) is 8.54. The summed E-state index contributed by atoms with van der Waals surface area (Å²) in [6.07, 6.45) is 0. The molecule has 0 heterocycles. The van der Waals surface area contributed by atoms with E-state index in [-0.39, 0.29) is 0 Å². The first kappa shape index (κ1) is 8.52. The molecule has 3 rings (SSSR count). The van der Waals surface area contributed by atoms with E-state index in [9.17, 15) is 0 Å². The van der Waals surface area contributed by atoms with Crippen LogP contribution in [-0.2, 0) is 5.54 Å². The van der Waals surface area contributed by atoms with Gasteiger partial charge in [0.1, 0.15) is 0 Å². The summed E-state index contributed by atoms with van der Waals surface area (Å²) in [7, 11) is 0. The SMILES string of the molecule is CC1(N)c2ccc#cc2-c2ccccc21. The quantitative estimate of drug-likeness (QED) is 0.683. The summed E-state index contributed by atoms with van der Waals surface area (Å²) >= 11 is 0. The number of hydrogen-bond acceptors (Lipinski definition) is 1. The number of fused-ring (bicyclic) bond motifs is 3. The highest BCUT2D eigenvalue weighted by atomic mass is 14.7. The van der Waals surface area contributed by atoms with Gasteiger partial charge in [-0.25, -0.2) is 0 Å². The van der Waals surface area contributed by atoms with Gasteiger partial charge in [0, 0.05) is 5.56 Å². The normalized spacial score (nSPS) is 15.3. The van der Waals surface area contributed by atoms with Crippen molar-refractivity contribution in [1.82, 2.24) is 0 Å². The van der Waals surface area contributed by atoms with Gasteiger partial charge in [0.2, 0.25) is 0 Å². The Labute approximate surface area is 89.6 Å². The molecule has 1 aliphatic carbocycles. The molecule has 0 fully saturated rings. The molecule has 2 aromatic rings. The second-order valence-corrected chi connectivity index (χ2v) is 4.14. The van der Waals surface area contributed by atoms with Gasteiger partial charge in [-0.2, -0.15) is 0 Å². The molecule has 2 N–H and O–H groups in total. The monoisotopic (exact) mass is 193 g/mol. The summed E-state index contributed by atoms with van der Waals surface area (Å²) in [6.45, 7) is 2.05. The summed E-state index contributed by atoms with van der Waals surface area (Å²) in [4.78, 5) is 0. The lowest BCUT2D eigenvalue weighted by molar-refractivity contribution is 0.621. The Morgan fingerprint density at radius 1 is 1.13 bits per heavy atom. The Kier molecular flexibility index (Phi) is 1.49. The molecule has 0 aliphatic heterocycles. The smallest absolute Gasteiger partial charge is 0.0655 e. The minimum Gasteiger partial charge on any atom is -0.318 e. The van der Waals surface area contributed by atoms with Gasteiger partial charge in [-0.05, 0) is 35.7 Å². The van der Waals surface area contributed by atoms with Gasteiger partial charge in [-0.1, -0.05) is 36.4 Å². The van der Waals surface area contributed by atoms with E-state index >= 15 is 0 Å². The lowest BCUT2D eigenvalue weighted by Crippen LogP contribution is -2.31. The first-order valence-electron chi connectivity index (χ1n) is 5.03. The van der Waals surface area contributed by atoms with Crippen LogP contribution in [0.5, 0.6) is 0 Å². The van der Waals surface area contributed by atoms with Crippen molar-refractivity contribution in [3.8, 4) is 11.1 Å². The van der Waals surface area contributed by atoms with Crippen molar-refractivity contribution in [2.75, 3.05) is 0 Å². The molecule has 15 heavy (non-hydrogen) atoms. The third-order valence-corrected chi connectivity index (χ3v) is 3.12. The van der Waals surface area contributed by atoms with Crippen molar-refractivity contribution >= 4 is 0 Å². The van der Waals surface area contributed by atoms with Crippen molar-refractivity contribution in [3.63, 3.8) is 0 Å². The van der Waals surface area contributed by atoms with Gasteiger partial charge < -0.3 is 5.73 Å². The van der Waals surface area contributed by atoms with E-state index in [4.69, 9.17) is 5.73 Å². The van der Waals surface area contributed by atoms with Crippen molar-refractivity contribution in [1.29, 1.82) is 0 Å². The van der Waals surface area contributed by atoms with Crippen LogP contribution >= 0.6 is 0 Å². The zero-order valence-electron chi connectivity index (χ0n) is 8.54. The Bertz CT molecular complexity index is 479. The third-order valence-electron chi connectivity index (χ3n) is 3.12. The average molecular weight is 193 g/mol. The van der Waals surface area contributed by atoms with E-state index in [0.717, 1.165) is 11.1 Å². The summed E-state index contributed by atoms with van der Waals surface area (Å²) in [6, 6.07) is 18.3. The second-order valence-electron chi connectivity index (χ2n) is 4.14. The van der Waals surface area contributed by atoms with Gasteiger partial charge in [-0.3, -0.25) is 0 Å². The van der Waals surface area contributed by atoms with E-state index in [1.807, 2.05) is 31.2 Å². The van der Waals surface area contributed by atoms with E-state index in [1.54, 1.807) is 0 Å². The van der Waals surface area contributed by atoms with E-state index in [1.165, 1.54) is 11.1 Å². The number of nitrogens with two attached hydrogens (primary N) is 1. The topological polar surface area (TPSA) is 26.0 Å². The highest BCUT2D eigenvalue weighted by Crippen LogP contribution is 2.44. The largest absolute Gasteiger partial charge is 0.318 e. The lowest BCUT2D eigenvalue weighted by Gasteiger charge is -2.20. The number of benzene rings is 1. The van der Waals surface area contributed by atoms with Gasteiger partial charge >= 0.3 is 0 Å². The fourth-order valence-electron chi connectivity index (χ4n) is 2.33. The van der Waals surface area contributed by atoms with Crippen molar-refractivity contribution in [3.05, 3.63) is 59.7 Å². The highest BCUT2D eigenvalue weighted by molar-refractivity contribution is 5.79. The maximum atomic E-state index is 6.37. The van der Waals surface area contributed by atoms with E-state index in [0.29, 0.717) is 0 Å². The van der Waals surface area contributed by atoms with Crippen molar-refractivity contribution < 1.29 is 0 Å². The summed E-state index contributed by atoms with van der Waals surface area (Å²) in [5.74, 6) is 0. The fraction of sp³-hybridized carbons (Fsp3) is 0.143. The molecule has 0 aromatic heterocycles. The van der Waals surface area contributed by atoms with Crippen LogP contribution < -0.4 is 5.73 Å². The summed E-state index contributed by atoms with van der Waals surface area (Å²) in [5.41, 5.74) is 10.6. The van der Waals surface area contributed by atoms with E-state index < -0.39 is 5.54 Å². The minimum atomic E-state index is -0.391. The minimum absolute atomic E-state index is 0.391. The summed E-state index contributed by atoms with van der Waals surface area (Å²) in [5, 5.41) is 0. The first-order chi connectivity index (χ1) is 7.21. The van der Waals surface area contributed by atoms with Gasteiger partial charge in [-0.15, -0.1) is 0 Å². The fourth-order valence-corrected chi connectivity index (χ4v) is 2.33. The molecule has 1 nitrogen and oxygen atoms in total. The molecule has 2 aromatic carbocycles. The molecule has 1 unspecified atom stereocenters. The molecule has 1 heteroatoms. The van der Waals surface area contributed by atoms with Gasteiger partial charge in [0.05, 0.1) is 5.54 Å². The van der Waals surface area contributed by atoms with Gasteiger partial charge in [0.25, 0.3) is 0 Å². The maximum absolute atomic E-state index is 6.37. The molecule has 0 bridgehead atoms. The van der Waals surface area contributed by atoms with E-state index in [2.05, 4.69) is 24.3 Å². The van der Waals surface area contributed by atoms with Crippen molar-refractivity contribution in [2.45, 2.75) is 12.5 Å². The Morgan fingerprint density at radius 2 is 1.93 bits per heavy atom. The molecule has 0 amide bonds. The van der Waals surface area contributed by atoms with Crippen LogP contribution in [0.2, 0.25) is 0 Å². The molecule has 0 saturated heterocycles. The predicted molar refractivity (Wildman–Crippen MR) is 60.2 cm³/mol. The molecular formula is C14H11N. The molecule has 72 valence electrons. The number of hydrogen-bond donors (Lipinski definition) is 1. The third kappa shape index (κ3) is 0.973. The molecule has 0 radical (unpaired) electrons. The van der Waals surface area contributed by atoms with Crippen molar-refractivity contribution in [2.24, 2.45) is 5.73 Å². The maximum Gasteiger partial charge on any atom is 0.0655 e. The predicted octanol–water partition coefficient (Wildman–Crippen LogP) is 2.49. The van der Waals surface area contributed by atoms with Crippen LogP contribution in [0.15, 0.2) is 36.4 Å². The standard InChI is InChI=1S/C14H11N/c1-14(15)12-8-4-2-6-10(12)11-7-3-5-9-13(11)14/h2,4-6,8-9H,15H2,1H3. The Morgan fingerprint density at radius 3 is 2.80 bits per heavy atom. The highest BCUT2D eigenvalue weighted by Gasteiger charge is 2.35. The molecular weight excluding hydrogens is 182 g/mol. The Hall–Kier alpha value is -1.78. The zero-order chi connectivity index (χ0) is 10.5. The van der Waals surface area contributed by atoms with Crippen LogP contribution in [-0.4, -0.2) is 0 Å².